The van der Waals surface area contributed by atoms with Gasteiger partial charge in [0.15, 0.2) is 0 Å². The number of carbonyl (C=O) groups excluding carboxylic acids is 2. The van der Waals surface area contributed by atoms with E-state index in [0.29, 0.717) is 22.8 Å². The number of fused-ring (bicyclic) bond motifs is 1. The van der Waals surface area contributed by atoms with Crippen LogP contribution in [0.5, 0.6) is 0 Å². The summed E-state index contributed by atoms with van der Waals surface area (Å²) in [5.41, 5.74) is 3.40. The molecular weight excluding hydrogens is 488 g/mol. The van der Waals surface area contributed by atoms with Gasteiger partial charge in [-0.15, -0.1) is 0 Å². The molecule has 4 aromatic rings. The first-order valence-electron chi connectivity index (χ1n) is 13.4. The average Bonchev–Trinajstić information content (AvgIpc) is 2.93. The molecule has 0 saturated heterocycles. The summed E-state index contributed by atoms with van der Waals surface area (Å²) in [4.78, 5) is 37.7. The van der Waals surface area contributed by atoms with Gasteiger partial charge in [0.1, 0.15) is 5.82 Å². The van der Waals surface area contributed by atoms with Crippen LogP contribution in [0, 0.1) is 6.92 Å². The fourth-order valence-corrected chi connectivity index (χ4v) is 5.09. The molecule has 39 heavy (non-hydrogen) atoms. The van der Waals surface area contributed by atoms with Crippen molar-refractivity contribution < 1.29 is 9.59 Å². The van der Waals surface area contributed by atoms with Crippen LogP contribution in [0.2, 0.25) is 0 Å². The minimum atomic E-state index is -0.299. The lowest BCUT2D eigenvalue weighted by molar-refractivity contribution is 0.0916. The van der Waals surface area contributed by atoms with E-state index in [1.54, 1.807) is 24.3 Å². The van der Waals surface area contributed by atoms with E-state index in [9.17, 15) is 9.59 Å². The van der Waals surface area contributed by atoms with Gasteiger partial charge in [0.2, 0.25) is 5.95 Å². The molecule has 2 amide bonds. The van der Waals surface area contributed by atoms with Crippen molar-refractivity contribution in [2.75, 3.05) is 29.6 Å². The van der Waals surface area contributed by atoms with Crippen LogP contribution in [0.4, 0.5) is 17.5 Å². The number of carbonyl (C=O) groups is 2. The van der Waals surface area contributed by atoms with Gasteiger partial charge in [-0.05, 0) is 74.6 Å². The monoisotopic (exact) mass is 522 g/mol. The standard InChI is InChI=1S/C31H34N6O2/c1-20-9-8-10-23(19-20)33-30(39)25-12-5-4-11-24(25)29(38)32-21-15-17-22(18-16-21)34-31-35-27-14-7-6-13-26(27)28(36-31)37(2)3/h4-14,19,21-22H,15-18H2,1-3H3,(H,32,38)(H,33,39)(H,34,35,36)/t21-,22+. The van der Waals surface area contributed by atoms with Crippen LogP contribution >= 0.6 is 0 Å². The van der Waals surface area contributed by atoms with E-state index in [1.165, 1.54) is 0 Å². The van der Waals surface area contributed by atoms with Crippen LogP contribution in [0.1, 0.15) is 52.0 Å². The van der Waals surface area contributed by atoms with Crippen LogP contribution in [0.15, 0.2) is 72.8 Å². The number of nitrogens with zero attached hydrogens (tertiary/aromatic N) is 3. The lowest BCUT2D eigenvalue weighted by Gasteiger charge is -2.30. The summed E-state index contributed by atoms with van der Waals surface area (Å²) in [6.45, 7) is 1.97. The van der Waals surface area contributed by atoms with Crippen molar-refractivity contribution in [2.24, 2.45) is 0 Å². The van der Waals surface area contributed by atoms with Crippen LogP contribution in [0.3, 0.4) is 0 Å². The fraction of sp³-hybridized carbons (Fsp3) is 0.290. The van der Waals surface area contributed by atoms with Gasteiger partial charge < -0.3 is 20.9 Å². The zero-order chi connectivity index (χ0) is 27.4. The maximum Gasteiger partial charge on any atom is 0.256 e. The predicted octanol–water partition coefficient (Wildman–Crippen LogP) is 5.41. The zero-order valence-electron chi connectivity index (χ0n) is 22.6. The van der Waals surface area contributed by atoms with Crippen molar-refractivity contribution in [2.45, 2.75) is 44.7 Å². The third kappa shape index (κ3) is 6.17. The molecule has 0 radical (unpaired) electrons. The van der Waals surface area contributed by atoms with E-state index >= 15 is 0 Å². The SMILES string of the molecule is Cc1cccc(NC(=O)c2ccccc2C(=O)N[C@H]2CC[C@@H](Nc3nc(N(C)C)c4ccccc4n3)CC2)c1. The molecule has 0 aliphatic heterocycles. The molecule has 1 aliphatic rings. The van der Waals surface area contributed by atoms with Crippen LogP contribution in [-0.4, -0.2) is 48.0 Å². The first-order chi connectivity index (χ1) is 18.9. The lowest BCUT2D eigenvalue weighted by Crippen LogP contribution is -2.40. The molecule has 8 heteroatoms. The van der Waals surface area contributed by atoms with Crippen LogP contribution in [-0.2, 0) is 0 Å². The Morgan fingerprint density at radius 1 is 0.795 bits per heavy atom. The maximum atomic E-state index is 13.2. The number of anilines is 3. The zero-order valence-corrected chi connectivity index (χ0v) is 22.6. The molecule has 1 aliphatic carbocycles. The molecule has 0 unspecified atom stereocenters. The first kappa shape index (κ1) is 26.2. The fourth-order valence-electron chi connectivity index (χ4n) is 5.09. The molecule has 5 rings (SSSR count). The van der Waals surface area contributed by atoms with Crippen molar-refractivity contribution in [1.29, 1.82) is 0 Å². The Kier molecular flexibility index (Phi) is 7.72. The first-order valence-corrected chi connectivity index (χ1v) is 13.4. The summed E-state index contributed by atoms with van der Waals surface area (Å²) in [5.74, 6) is 0.981. The predicted molar refractivity (Wildman–Crippen MR) is 157 cm³/mol. The van der Waals surface area contributed by atoms with Gasteiger partial charge in [-0.1, -0.05) is 36.4 Å². The quantitative estimate of drug-likeness (QED) is 0.300. The Hall–Kier alpha value is -4.46. The molecular formula is C31H34N6O2. The third-order valence-electron chi connectivity index (χ3n) is 7.09. The number of para-hydroxylation sites is 1. The summed E-state index contributed by atoms with van der Waals surface area (Å²) >= 11 is 0. The third-order valence-corrected chi connectivity index (χ3v) is 7.09. The number of hydrogen-bond acceptors (Lipinski definition) is 6. The lowest BCUT2D eigenvalue weighted by atomic mass is 9.91. The molecule has 1 aromatic heterocycles. The number of benzene rings is 3. The number of amides is 2. The van der Waals surface area contributed by atoms with Gasteiger partial charge in [0.05, 0.1) is 16.6 Å². The van der Waals surface area contributed by atoms with E-state index in [0.717, 1.165) is 48.0 Å². The molecule has 200 valence electrons. The Bertz CT molecular complexity index is 1490. The van der Waals surface area contributed by atoms with Gasteiger partial charge in [0, 0.05) is 37.3 Å². The molecule has 1 fully saturated rings. The van der Waals surface area contributed by atoms with E-state index in [-0.39, 0.29) is 23.9 Å². The average molecular weight is 523 g/mol. The number of rotatable bonds is 7. The van der Waals surface area contributed by atoms with E-state index in [1.807, 2.05) is 74.4 Å². The summed E-state index contributed by atoms with van der Waals surface area (Å²) in [5, 5.41) is 10.6. The molecule has 8 nitrogen and oxygen atoms in total. The topological polar surface area (TPSA) is 99.2 Å². The van der Waals surface area contributed by atoms with Gasteiger partial charge >= 0.3 is 0 Å². The number of hydrogen-bond donors (Lipinski definition) is 3. The Balaban J connectivity index is 1.20. The molecule has 3 N–H and O–H groups in total. The number of aryl methyl sites for hydroxylation is 1. The number of aromatic nitrogens is 2. The second-order valence-electron chi connectivity index (χ2n) is 10.3. The molecule has 0 bridgehead atoms. The molecule has 0 spiro atoms. The van der Waals surface area contributed by atoms with Crippen molar-refractivity contribution in [3.8, 4) is 0 Å². The Morgan fingerprint density at radius 3 is 2.18 bits per heavy atom. The summed E-state index contributed by atoms with van der Waals surface area (Å²) in [7, 11) is 3.97. The second kappa shape index (κ2) is 11.5. The minimum absolute atomic E-state index is 0.0401. The minimum Gasteiger partial charge on any atom is -0.362 e. The van der Waals surface area contributed by atoms with E-state index in [4.69, 9.17) is 9.97 Å². The summed E-state index contributed by atoms with van der Waals surface area (Å²) in [6, 6.07) is 22.8. The summed E-state index contributed by atoms with van der Waals surface area (Å²) < 4.78 is 0. The van der Waals surface area contributed by atoms with Gasteiger partial charge in [0.25, 0.3) is 11.8 Å². The highest BCUT2D eigenvalue weighted by Gasteiger charge is 2.25. The molecule has 3 aromatic carbocycles. The van der Waals surface area contributed by atoms with Crippen LogP contribution < -0.4 is 20.9 Å². The highest BCUT2D eigenvalue weighted by Crippen LogP contribution is 2.26. The highest BCUT2D eigenvalue weighted by molar-refractivity contribution is 6.12. The Morgan fingerprint density at radius 2 is 1.46 bits per heavy atom. The molecule has 1 saturated carbocycles. The maximum absolute atomic E-state index is 13.2. The van der Waals surface area contributed by atoms with Gasteiger partial charge in [-0.25, -0.2) is 4.98 Å². The van der Waals surface area contributed by atoms with Crippen molar-refractivity contribution in [1.82, 2.24) is 15.3 Å². The van der Waals surface area contributed by atoms with Crippen molar-refractivity contribution in [3.63, 3.8) is 0 Å². The highest BCUT2D eigenvalue weighted by atomic mass is 16.2. The van der Waals surface area contributed by atoms with E-state index in [2.05, 4.69) is 16.0 Å². The van der Waals surface area contributed by atoms with Gasteiger partial charge in [-0.3, -0.25) is 9.59 Å². The molecule has 0 atom stereocenters. The smallest absolute Gasteiger partial charge is 0.256 e. The van der Waals surface area contributed by atoms with Crippen molar-refractivity contribution in [3.05, 3.63) is 89.5 Å². The molecule has 1 heterocycles. The van der Waals surface area contributed by atoms with Crippen LogP contribution in [0.25, 0.3) is 10.9 Å². The van der Waals surface area contributed by atoms with Crippen molar-refractivity contribution >= 4 is 40.2 Å². The number of nitrogens with one attached hydrogen (secondary N) is 3. The Labute approximate surface area is 228 Å². The van der Waals surface area contributed by atoms with Gasteiger partial charge in [-0.2, -0.15) is 4.98 Å². The van der Waals surface area contributed by atoms with E-state index < -0.39 is 0 Å². The normalized spacial score (nSPS) is 16.9. The summed E-state index contributed by atoms with van der Waals surface area (Å²) in [6.07, 6.45) is 3.42. The largest absolute Gasteiger partial charge is 0.362 e. The second-order valence-corrected chi connectivity index (χ2v) is 10.3.